The number of likely N-dealkylation sites (tertiary alicyclic amines) is 1. The quantitative estimate of drug-likeness (QED) is 0.792. The van der Waals surface area contributed by atoms with E-state index in [0.717, 1.165) is 32.5 Å². The number of anilines is 1. The molecule has 1 aromatic carbocycles. The number of nitriles is 1. The van der Waals surface area contributed by atoms with Crippen LogP contribution in [0.3, 0.4) is 0 Å². The summed E-state index contributed by atoms with van der Waals surface area (Å²) in [7, 11) is 0. The number of hydrogen-bond acceptors (Lipinski definition) is 3. The van der Waals surface area contributed by atoms with Crippen molar-refractivity contribution in [1.82, 2.24) is 4.90 Å². The molecule has 17 heavy (non-hydrogen) atoms. The Hall–Kier alpha value is -1.53. The van der Waals surface area contributed by atoms with Gasteiger partial charge in [-0.15, -0.1) is 0 Å². The van der Waals surface area contributed by atoms with Crippen LogP contribution in [0.15, 0.2) is 18.2 Å². The Labute approximate surface area is 103 Å². The van der Waals surface area contributed by atoms with Gasteiger partial charge in [-0.3, -0.25) is 0 Å². The molecule has 1 aliphatic rings. The molecule has 0 amide bonds. The molecule has 0 saturated carbocycles. The zero-order valence-electron chi connectivity index (χ0n) is 10.3. The van der Waals surface area contributed by atoms with Crippen molar-refractivity contribution in [2.24, 2.45) is 0 Å². The van der Waals surface area contributed by atoms with E-state index < -0.39 is 0 Å². The van der Waals surface area contributed by atoms with Crippen molar-refractivity contribution in [3.05, 3.63) is 29.3 Å². The van der Waals surface area contributed by atoms with Crippen molar-refractivity contribution < 1.29 is 0 Å². The van der Waals surface area contributed by atoms with Gasteiger partial charge in [0, 0.05) is 0 Å². The fourth-order valence-electron chi connectivity index (χ4n) is 2.60. The van der Waals surface area contributed by atoms with Crippen LogP contribution in [0.25, 0.3) is 0 Å². The highest BCUT2D eigenvalue weighted by Crippen LogP contribution is 2.32. The van der Waals surface area contributed by atoms with Gasteiger partial charge in [0.2, 0.25) is 0 Å². The second-order valence-corrected chi connectivity index (χ2v) is 4.63. The first kappa shape index (κ1) is 11.9. The molecule has 1 heterocycles. The smallest absolute Gasteiger partial charge is 0.101 e. The molecule has 1 aromatic rings. The topological polar surface area (TPSA) is 53.0 Å². The summed E-state index contributed by atoms with van der Waals surface area (Å²) in [5, 5.41) is 8.98. The van der Waals surface area contributed by atoms with E-state index in [9.17, 15) is 0 Å². The number of rotatable bonds is 2. The molecule has 3 nitrogen and oxygen atoms in total. The van der Waals surface area contributed by atoms with Crippen molar-refractivity contribution in [2.45, 2.75) is 25.7 Å². The zero-order valence-corrected chi connectivity index (χ0v) is 10.3. The van der Waals surface area contributed by atoms with Gasteiger partial charge in [-0.1, -0.05) is 19.1 Å². The molecule has 0 aliphatic carbocycles. The monoisotopic (exact) mass is 229 g/mol. The molecule has 0 unspecified atom stereocenters. The van der Waals surface area contributed by atoms with Gasteiger partial charge in [0.25, 0.3) is 0 Å². The summed E-state index contributed by atoms with van der Waals surface area (Å²) in [5.41, 5.74) is 8.52. The molecular formula is C14H19N3. The van der Waals surface area contributed by atoms with Crippen LogP contribution in [0, 0.1) is 11.3 Å². The summed E-state index contributed by atoms with van der Waals surface area (Å²) < 4.78 is 0. The fourth-order valence-corrected chi connectivity index (χ4v) is 2.60. The van der Waals surface area contributed by atoms with E-state index in [1.54, 1.807) is 6.07 Å². The molecule has 1 fully saturated rings. The second kappa shape index (κ2) is 5.20. The maximum atomic E-state index is 8.98. The Kier molecular flexibility index (Phi) is 3.65. The van der Waals surface area contributed by atoms with Gasteiger partial charge in [0.15, 0.2) is 0 Å². The maximum absolute atomic E-state index is 8.98. The highest BCUT2D eigenvalue weighted by molar-refractivity contribution is 5.60. The number of hydrogen-bond donors (Lipinski definition) is 1. The lowest BCUT2D eigenvalue weighted by molar-refractivity contribution is 0.222. The van der Waals surface area contributed by atoms with Gasteiger partial charge in [-0.25, -0.2) is 0 Å². The third kappa shape index (κ3) is 2.42. The van der Waals surface area contributed by atoms with Gasteiger partial charge in [0.1, 0.15) is 6.07 Å². The maximum Gasteiger partial charge on any atom is 0.101 e. The summed E-state index contributed by atoms with van der Waals surface area (Å²) in [6.45, 7) is 5.60. The molecule has 0 spiro atoms. The third-order valence-electron chi connectivity index (χ3n) is 3.73. The van der Waals surface area contributed by atoms with Crippen molar-refractivity contribution in [2.75, 3.05) is 25.4 Å². The largest absolute Gasteiger partial charge is 0.397 e. The van der Waals surface area contributed by atoms with Crippen molar-refractivity contribution in [3.8, 4) is 6.07 Å². The molecule has 3 heteroatoms. The standard InChI is InChI=1S/C14H19N3/c1-2-17-8-6-11(7-9-17)13-5-3-4-12(10-15)14(13)16/h3-5,11H,2,6-9,16H2,1H3. The molecule has 0 atom stereocenters. The van der Waals surface area contributed by atoms with E-state index >= 15 is 0 Å². The van der Waals surface area contributed by atoms with Gasteiger partial charge >= 0.3 is 0 Å². The van der Waals surface area contributed by atoms with Crippen LogP contribution >= 0.6 is 0 Å². The number of nitrogen functional groups attached to an aromatic ring is 1. The number of benzene rings is 1. The van der Waals surface area contributed by atoms with E-state index in [2.05, 4.69) is 24.0 Å². The van der Waals surface area contributed by atoms with Crippen LogP contribution in [0.4, 0.5) is 5.69 Å². The zero-order chi connectivity index (χ0) is 12.3. The van der Waals surface area contributed by atoms with Gasteiger partial charge < -0.3 is 10.6 Å². The molecule has 0 radical (unpaired) electrons. The molecular weight excluding hydrogens is 210 g/mol. The minimum absolute atomic E-state index is 0.520. The first-order chi connectivity index (χ1) is 8.26. The lowest BCUT2D eigenvalue weighted by atomic mass is 9.87. The summed E-state index contributed by atoms with van der Waals surface area (Å²) in [5.74, 6) is 0.520. The molecule has 0 bridgehead atoms. The van der Waals surface area contributed by atoms with Crippen molar-refractivity contribution >= 4 is 5.69 Å². The number of nitrogens with two attached hydrogens (primary N) is 1. The summed E-state index contributed by atoms with van der Waals surface area (Å²) >= 11 is 0. The lowest BCUT2D eigenvalue weighted by Gasteiger charge is -2.31. The normalized spacial score (nSPS) is 17.9. The Balaban J connectivity index is 2.16. The first-order valence-corrected chi connectivity index (χ1v) is 6.27. The summed E-state index contributed by atoms with van der Waals surface area (Å²) in [6, 6.07) is 7.96. The molecule has 2 N–H and O–H groups in total. The molecule has 0 aromatic heterocycles. The second-order valence-electron chi connectivity index (χ2n) is 4.63. The van der Waals surface area contributed by atoms with Crippen LogP contribution in [-0.2, 0) is 0 Å². The minimum Gasteiger partial charge on any atom is -0.397 e. The third-order valence-corrected chi connectivity index (χ3v) is 3.73. The van der Waals surface area contributed by atoms with Crippen molar-refractivity contribution in [3.63, 3.8) is 0 Å². The molecule has 2 rings (SSSR count). The van der Waals surface area contributed by atoms with E-state index in [-0.39, 0.29) is 0 Å². The molecule has 1 saturated heterocycles. The fraction of sp³-hybridized carbons (Fsp3) is 0.500. The summed E-state index contributed by atoms with van der Waals surface area (Å²) in [6.07, 6.45) is 2.29. The van der Waals surface area contributed by atoms with Crippen LogP contribution < -0.4 is 5.73 Å². The SMILES string of the molecule is CCN1CCC(c2cccc(C#N)c2N)CC1. The van der Waals surface area contributed by atoms with Crippen LogP contribution in [-0.4, -0.2) is 24.5 Å². The van der Waals surface area contributed by atoms with Crippen LogP contribution in [0.1, 0.15) is 36.8 Å². The first-order valence-electron chi connectivity index (χ1n) is 6.27. The van der Waals surface area contributed by atoms with Crippen molar-refractivity contribution in [1.29, 1.82) is 5.26 Å². The number of nitrogens with zero attached hydrogens (tertiary/aromatic N) is 2. The average molecular weight is 229 g/mol. The Morgan fingerprint density at radius 1 is 1.41 bits per heavy atom. The van der Waals surface area contributed by atoms with E-state index in [1.807, 2.05) is 6.07 Å². The predicted molar refractivity (Wildman–Crippen MR) is 69.7 cm³/mol. The Bertz CT molecular complexity index is 426. The van der Waals surface area contributed by atoms with Crippen LogP contribution in [0.5, 0.6) is 0 Å². The Morgan fingerprint density at radius 2 is 2.12 bits per heavy atom. The minimum atomic E-state index is 0.520. The van der Waals surface area contributed by atoms with E-state index in [1.165, 1.54) is 5.56 Å². The molecule has 1 aliphatic heterocycles. The summed E-state index contributed by atoms with van der Waals surface area (Å²) in [4.78, 5) is 2.46. The highest BCUT2D eigenvalue weighted by Gasteiger charge is 2.21. The van der Waals surface area contributed by atoms with E-state index in [4.69, 9.17) is 11.0 Å². The number of para-hydroxylation sites is 1. The molecule has 90 valence electrons. The predicted octanol–water partition coefficient (Wildman–Crippen LogP) is 2.34. The van der Waals surface area contributed by atoms with Gasteiger partial charge in [-0.2, -0.15) is 5.26 Å². The average Bonchev–Trinajstić information content (AvgIpc) is 2.39. The van der Waals surface area contributed by atoms with E-state index in [0.29, 0.717) is 17.2 Å². The van der Waals surface area contributed by atoms with Crippen LogP contribution in [0.2, 0.25) is 0 Å². The van der Waals surface area contributed by atoms with Gasteiger partial charge in [0.05, 0.1) is 11.3 Å². The highest BCUT2D eigenvalue weighted by atomic mass is 15.1. The lowest BCUT2D eigenvalue weighted by Crippen LogP contribution is -2.32. The number of piperidine rings is 1. The van der Waals surface area contributed by atoms with Gasteiger partial charge in [-0.05, 0) is 50.0 Å². The Morgan fingerprint density at radius 3 is 2.71 bits per heavy atom.